The highest BCUT2D eigenvalue weighted by Crippen LogP contribution is 2.56. The SMILES string of the molecule is O=Cc1ccc(C2(c3ccc(C=O)cc3)c3ccccc3-c3cc(Nc4ccc(-c5ccccc5)cc4)ccc32)cc1. The summed E-state index contributed by atoms with van der Waals surface area (Å²) in [4.78, 5) is 23.0. The maximum absolute atomic E-state index is 11.5. The Bertz CT molecular complexity index is 1850. The van der Waals surface area contributed by atoms with Crippen molar-refractivity contribution in [1.82, 2.24) is 0 Å². The number of fused-ring (bicyclic) bond motifs is 3. The number of hydrogen-bond acceptors (Lipinski definition) is 3. The normalized spacial score (nSPS) is 12.7. The first kappa shape index (κ1) is 25.4. The van der Waals surface area contributed by atoms with Crippen molar-refractivity contribution in [3.8, 4) is 22.3 Å². The lowest BCUT2D eigenvalue weighted by Gasteiger charge is -2.34. The fourth-order valence-corrected chi connectivity index (χ4v) is 6.32. The summed E-state index contributed by atoms with van der Waals surface area (Å²) >= 11 is 0. The molecule has 0 saturated heterocycles. The number of nitrogens with one attached hydrogen (secondary N) is 1. The standard InChI is InChI=1S/C39H27NO2/c41-25-27-10-16-31(17-11-27)39(32-18-12-28(26-42)13-19-32)37-9-5-4-8-35(37)36-24-34(22-23-38(36)39)40-33-20-14-30(15-21-33)29-6-2-1-3-7-29/h1-26,40H. The van der Waals surface area contributed by atoms with Crippen molar-refractivity contribution in [2.75, 3.05) is 5.32 Å². The minimum Gasteiger partial charge on any atom is -0.356 e. The van der Waals surface area contributed by atoms with Gasteiger partial charge in [-0.05, 0) is 68.8 Å². The number of hydrogen-bond donors (Lipinski definition) is 1. The first-order chi connectivity index (χ1) is 20.7. The second kappa shape index (κ2) is 10.5. The van der Waals surface area contributed by atoms with Crippen LogP contribution >= 0.6 is 0 Å². The first-order valence-electron chi connectivity index (χ1n) is 14.0. The molecular formula is C39H27NO2. The summed E-state index contributed by atoms with van der Waals surface area (Å²) in [5.74, 6) is 0. The topological polar surface area (TPSA) is 46.2 Å². The van der Waals surface area contributed by atoms with Gasteiger partial charge in [-0.1, -0.05) is 121 Å². The highest BCUT2D eigenvalue weighted by Gasteiger charge is 2.46. The molecule has 0 heterocycles. The number of carbonyl (C=O) groups excluding carboxylic acids is 2. The van der Waals surface area contributed by atoms with E-state index in [1.54, 1.807) is 0 Å². The molecule has 0 aromatic heterocycles. The zero-order chi connectivity index (χ0) is 28.5. The van der Waals surface area contributed by atoms with Gasteiger partial charge >= 0.3 is 0 Å². The quantitative estimate of drug-likeness (QED) is 0.205. The van der Waals surface area contributed by atoms with Crippen molar-refractivity contribution in [3.05, 3.63) is 179 Å². The molecule has 0 amide bonds. The molecule has 6 aromatic carbocycles. The van der Waals surface area contributed by atoms with Gasteiger partial charge in [0.05, 0.1) is 5.41 Å². The van der Waals surface area contributed by atoms with Crippen LogP contribution in [0.5, 0.6) is 0 Å². The molecule has 1 aliphatic carbocycles. The molecule has 0 unspecified atom stereocenters. The molecule has 200 valence electrons. The Morgan fingerprint density at radius 3 is 1.60 bits per heavy atom. The summed E-state index contributed by atoms with van der Waals surface area (Å²) in [6.07, 6.45) is 1.74. The molecule has 6 aromatic rings. The van der Waals surface area contributed by atoms with Crippen molar-refractivity contribution < 1.29 is 9.59 Å². The number of benzene rings is 6. The lowest BCUT2D eigenvalue weighted by Crippen LogP contribution is -2.28. The van der Waals surface area contributed by atoms with Crippen molar-refractivity contribution in [2.45, 2.75) is 5.41 Å². The van der Waals surface area contributed by atoms with E-state index in [9.17, 15) is 9.59 Å². The van der Waals surface area contributed by atoms with E-state index in [1.165, 1.54) is 16.7 Å². The van der Waals surface area contributed by atoms with Gasteiger partial charge in [0.2, 0.25) is 0 Å². The third-order valence-corrected chi connectivity index (χ3v) is 8.29. The lowest BCUT2D eigenvalue weighted by molar-refractivity contribution is 0.111. The van der Waals surface area contributed by atoms with Gasteiger partial charge in [0.1, 0.15) is 12.6 Å². The van der Waals surface area contributed by atoms with Gasteiger partial charge in [0, 0.05) is 22.5 Å². The molecule has 7 rings (SSSR count). The molecule has 0 fully saturated rings. The van der Waals surface area contributed by atoms with E-state index in [2.05, 4.69) is 96.3 Å². The van der Waals surface area contributed by atoms with E-state index in [4.69, 9.17) is 0 Å². The fourth-order valence-electron chi connectivity index (χ4n) is 6.32. The van der Waals surface area contributed by atoms with Gasteiger partial charge in [0.25, 0.3) is 0 Å². The van der Waals surface area contributed by atoms with E-state index >= 15 is 0 Å². The first-order valence-corrected chi connectivity index (χ1v) is 14.0. The van der Waals surface area contributed by atoms with Crippen LogP contribution in [0, 0.1) is 0 Å². The molecule has 1 N–H and O–H groups in total. The molecule has 0 bridgehead atoms. The predicted octanol–water partition coefficient (Wildman–Crippen LogP) is 9.09. The van der Waals surface area contributed by atoms with E-state index in [0.29, 0.717) is 11.1 Å². The van der Waals surface area contributed by atoms with Crippen molar-refractivity contribution in [2.24, 2.45) is 0 Å². The average Bonchev–Trinajstić information content (AvgIpc) is 3.36. The Kier molecular flexibility index (Phi) is 6.33. The third-order valence-electron chi connectivity index (χ3n) is 8.29. The molecule has 0 atom stereocenters. The van der Waals surface area contributed by atoms with Crippen LogP contribution in [0.4, 0.5) is 11.4 Å². The van der Waals surface area contributed by atoms with Crippen LogP contribution in [-0.4, -0.2) is 12.6 Å². The molecule has 0 saturated carbocycles. The Morgan fingerprint density at radius 2 is 0.976 bits per heavy atom. The number of rotatable bonds is 7. The highest BCUT2D eigenvalue weighted by molar-refractivity contribution is 5.89. The van der Waals surface area contributed by atoms with Crippen LogP contribution in [0.2, 0.25) is 0 Å². The van der Waals surface area contributed by atoms with Crippen LogP contribution < -0.4 is 5.32 Å². The van der Waals surface area contributed by atoms with Gasteiger partial charge in [-0.2, -0.15) is 0 Å². The Balaban J connectivity index is 1.36. The van der Waals surface area contributed by atoms with Gasteiger partial charge in [0.15, 0.2) is 0 Å². The third kappa shape index (κ3) is 4.15. The van der Waals surface area contributed by atoms with Crippen molar-refractivity contribution in [1.29, 1.82) is 0 Å². The van der Waals surface area contributed by atoms with Crippen molar-refractivity contribution >= 4 is 23.9 Å². The maximum atomic E-state index is 11.5. The summed E-state index contributed by atoms with van der Waals surface area (Å²) in [6.45, 7) is 0. The lowest BCUT2D eigenvalue weighted by atomic mass is 9.67. The minimum absolute atomic E-state index is 0.607. The van der Waals surface area contributed by atoms with Crippen LogP contribution in [0.3, 0.4) is 0 Å². The average molecular weight is 542 g/mol. The summed E-state index contributed by atoms with van der Waals surface area (Å²) in [6, 6.07) is 49.6. The number of anilines is 2. The number of aldehydes is 2. The Hall–Kier alpha value is -5.54. The van der Waals surface area contributed by atoms with Gasteiger partial charge < -0.3 is 5.32 Å². The summed E-state index contributed by atoms with van der Waals surface area (Å²) in [5.41, 5.74) is 11.8. The molecule has 0 radical (unpaired) electrons. The predicted molar refractivity (Wildman–Crippen MR) is 170 cm³/mol. The molecule has 0 aliphatic heterocycles. The van der Waals surface area contributed by atoms with E-state index in [0.717, 1.165) is 51.8 Å². The zero-order valence-corrected chi connectivity index (χ0v) is 22.8. The monoisotopic (exact) mass is 541 g/mol. The Labute approximate surface area is 245 Å². The van der Waals surface area contributed by atoms with Crippen LogP contribution in [0.25, 0.3) is 22.3 Å². The molecule has 42 heavy (non-hydrogen) atoms. The molecule has 0 spiro atoms. The summed E-state index contributed by atoms with van der Waals surface area (Å²) in [5, 5.41) is 3.60. The zero-order valence-electron chi connectivity index (χ0n) is 22.8. The largest absolute Gasteiger partial charge is 0.356 e. The maximum Gasteiger partial charge on any atom is 0.150 e. The van der Waals surface area contributed by atoms with Crippen LogP contribution in [0.15, 0.2) is 146 Å². The molecule has 3 nitrogen and oxygen atoms in total. The summed E-state index contributed by atoms with van der Waals surface area (Å²) < 4.78 is 0. The van der Waals surface area contributed by atoms with Crippen LogP contribution in [0.1, 0.15) is 43.0 Å². The fraction of sp³-hybridized carbons (Fsp3) is 0.0256. The van der Waals surface area contributed by atoms with E-state index in [1.807, 2.05) is 54.6 Å². The second-order valence-electron chi connectivity index (χ2n) is 10.6. The molecular weight excluding hydrogens is 514 g/mol. The minimum atomic E-state index is -0.607. The summed E-state index contributed by atoms with van der Waals surface area (Å²) in [7, 11) is 0. The van der Waals surface area contributed by atoms with Crippen LogP contribution in [-0.2, 0) is 5.41 Å². The smallest absolute Gasteiger partial charge is 0.150 e. The van der Waals surface area contributed by atoms with E-state index in [-0.39, 0.29) is 0 Å². The van der Waals surface area contributed by atoms with Gasteiger partial charge in [-0.15, -0.1) is 0 Å². The van der Waals surface area contributed by atoms with E-state index < -0.39 is 5.41 Å². The van der Waals surface area contributed by atoms with Gasteiger partial charge in [-0.3, -0.25) is 9.59 Å². The molecule has 3 heteroatoms. The van der Waals surface area contributed by atoms with Gasteiger partial charge in [-0.25, -0.2) is 0 Å². The molecule has 1 aliphatic rings. The highest BCUT2D eigenvalue weighted by atomic mass is 16.1. The number of carbonyl (C=O) groups is 2. The Morgan fingerprint density at radius 1 is 0.452 bits per heavy atom. The van der Waals surface area contributed by atoms with Crippen molar-refractivity contribution in [3.63, 3.8) is 0 Å². The second-order valence-corrected chi connectivity index (χ2v) is 10.6.